The molecule has 0 unspecified atom stereocenters. The minimum absolute atomic E-state index is 0.0182. The normalized spacial score (nSPS) is 10.0. The van der Waals surface area contributed by atoms with E-state index < -0.39 is 0 Å². The average molecular weight is 427 g/mol. The van der Waals surface area contributed by atoms with Crippen LogP contribution in [0.5, 0.6) is 0 Å². The van der Waals surface area contributed by atoms with E-state index in [-0.39, 0.29) is 50.1 Å². The number of benzene rings is 2. The number of hydrogen-bond acceptors (Lipinski definition) is 4. The van der Waals surface area contributed by atoms with E-state index >= 15 is 0 Å². The van der Waals surface area contributed by atoms with Crippen LogP contribution in [0.15, 0.2) is 54.6 Å². The number of likely N-dealkylation sites (N-methyl/N-ethyl adjacent to an activating group) is 1. The zero-order chi connectivity index (χ0) is 21.9. The molecule has 0 bridgehead atoms. The summed E-state index contributed by atoms with van der Waals surface area (Å²) in [5, 5.41) is 11.9. The van der Waals surface area contributed by atoms with Crippen molar-refractivity contribution >= 4 is 40.7 Å². The number of anilines is 2. The van der Waals surface area contributed by atoms with Crippen LogP contribution in [0.4, 0.5) is 11.4 Å². The third-order valence-corrected chi connectivity index (χ3v) is 4.65. The summed E-state index contributed by atoms with van der Waals surface area (Å²) >= 11 is 6.01. The van der Waals surface area contributed by atoms with Crippen LogP contribution < -0.4 is 10.2 Å². The van der Waals surface area contributed by atoms with Gasteiger partial charge in [-0.15, -0.1) is 0 Å². The zero-order valence-electron chi connectivity index (χ0n) is 16.7. The number of nitrogens with zero attached hydrogens (tertiary/aromatic N) is 3. The maximum atomic E-state index is 12.6. The second-order valence-corrected chi connectivity index (χ2v) is 6.97. The molecule has 0 aliphatic heterocycles. The van der Waals surface area contributed by atoms with E-state index in [1.807, 2.05) is 12.1 Å². The van der Waals surface area contributed by atoms with Crippen LogP contribution in [0.3, 0.4) is 0 Å². The summed E-state index contributed by atoms with van der Waals surface area (Å²) in [5.41, 5.74) is 1.15. The fourth-order valence-corrected chi connectivity index (χ4v) is 2.95. The second kappa shape index (κ2) is 11.6. The van der Waals surface area contributed by atoms with Gasteiger partial charge in [0.05, 0.1) is 29.7 Å². The molecule has 0 spiro atoms. The number of nitrogens with one attached hydrogen (secondary N) is 1. The first-order chi connectivity index (χ1) is 14.4. The van der Waals surface area contributed by atoms with Gasteiger partial charge in [0.1, 0.15) is 0 Å². The van der Waals surface area contributed by atoms with Crippen LogP contribution in [0.1, 0.15) is 19.3 Å². The minimum Gasteiger partial charge on any atom is -0.336 e. The van der Waals surface area contributed by atoms with Crippen molar-refractivity contribution in [3.8, 4) is 6.07 Å². The molecule has 156 valence electrons. The van der Waals surface area contributed by atoms with Crippen molar-refractivity contribution in [2.75, 3.05) is 30.4 Å². The monoisotopic (exact) mass is 426 g/mol. The van der Waals surface area contributed by atoms with Crippen LogP contribution in [-0.4, -0.2) is 42.8 Å². The third kappa shape index (κ3) is 6.90. The van der Waals surface area contributed by atoms with Crippen molar-refractivity contribution in [1.82, 2.24) is 4.90 Å². The molecular formula is C22H23ClN4O3. The average Bonchev–Trinajstić information content (AvgIpc) is 2.74. The van der Waals surface area contributed by atoms with E-state index in [2.05, 4.69) is 5.32 Å². The van der Waals surface area contributed by atoms with E-state index in [4.69, 9.17) is 16.9 Å². The number of carbonyl (C=O) groups is 3. The lowest BCUT2D eigenvalue weighted by Crippen LogP contribution is -2.36. The quantitative estimate of drug-likeness (QED) is 0.664. The molecule has 2 rings (SSSR count). The summed E-state index contributed by atoms with van der Waals surface area (Å²) in [6.07, 6.45) is 0.136. The molecule has 0 aromatic heterocycles. The molecule has 7 nitrogen and oxygen atoms in total. The highest BCUT2D eigenvalue weighted by Crippen LogP contribution is 2.20. The van der Waals surface area contributed by atoms with Gasteiger partial charge in [0.2, 0.25) is 17.7 Å². The molecule has 0 saturated carbocycles. The standard InChI is InChI=1S/C22H23ClN4O3/c1-26(16-20(28)25-19-11-6-5-10-18(19)23)21(29)12-13-22(30)27(15-7-14-24)17-8-3-2-4-9-17/h2-6,8-11H,7,12-13,15-16H2,1H3,(H,25,28). The Morgan fingerprint density at radius 3 is 2.30 bits per heavy atom. The number of hydrogen-bond donors (Lipinski definition) is 1. The fraction of sp³-hybridized carbons (Fsp3) is 0.273. The van der Waals surface area contributed by atoms with Crippen molar-refractivity contribution in [3.05, 3.63) is 59.6 Å². The summed E-state index contributed by atoms with van der Waals surface area (Å²) in [6.45, 7) is 0.0959. The van der Waals surface area contributed by atoms with Gasteiger partial charge >= 0.3 is 0 Å². The van der Waals surface area contributed by atoms with E-state index in [1.165, 1.54) is 16.8 Å². The van der Waals surface area contributed by atoms with Crippen molar-refractivity contribution < 1.29 is 14.4 Å². The molecule has 3 amide bonds. The Labute approximate surface area is 180 Å². The summed E-state index contributed by atoms with van der Waals surface area (Å²) in [4.78, 5) is 39.9. The number of amides is 3. The van der Waals surface area contributed by atoms with Crippen LogP contribution in [0, 0.1) is 11.3 Å². The Hall–Kier alpha value is -3.37. The molecule has 8 heteroatoms. The maximum absolute atomic E-state index is 12.6. The number of para-hydroxylation sites is 2. The number of carbonyl (C=O) groups excluding carboxylic acids is 3. The van der Waals surface area contributed by atoms with Crippen molar-refractivity contribution in [2.24, 2.45) is 0 Å². The van der Waals surface area contributed by atoms with E-state index in [0.29, 0.717) is 16.4 Å². The first kappa shape index (κ1) is 22.9. The fourth-order valence-electron chi connectivity index (χ4n) is 2.76. The molecule has 0 fully saturated rings. The molecule has 2 aromatic carbocycles. The van der Waals surface area contributed by atoms with Crippen LogP contribution >= 0.6 is 11.6 Å². The Bertz CT molecular complexity index is 927. The largest absolute Gasteiger partial charge is 0.336 e. The topological polar surface area (TPSA) is 93.5 Å². The van der Waals surface area contributed by atoms with Gasteiger partial charge in [-0.05, 0) is 24.3 Å². The molecule has 1 N–H and O–H groups in total. The molecular weight excluding hydrogens is 404 g/mol. The second-order valence-electron chi connectivity index (χ2n) is 6.57. The van der Waals surface area contributed by atoms with Crippen molar-refractivity contribution in [3.63, 3.8) is 0 Å². The number of halogens is 1. The van der Waals surface area contributed by atoms with E-state index in [0.717, 1.165) is 0 Å². The van der Waals surface area contributed by atoms with Gasteiger partial charge in [-0.3, -0.25) is 14.4 Å². The summed E-state index contributed by atoms with van der Waals surface area (Å²) < 4.78 is 0. The van der Waals surface area contributed by atoms with Gasteiger partial charge in [-0.1, -0.05) is 41.9 Å². The van der Waals surface area contributed by atoms with Gasteiger partial charge in [-0.25, -0.2) is 0 Å². The highest BCUT2D eigenvalue weighted by atomic mass is 35.5. The van der Waals surface area contributed by atoms with Crippen molar-refractivity contribution in [1.29, 1.82) is 5.26 Å². The smallest absolute Gasteiger partial charge is 0.244 e. The Morgan fingerprint density at radius 1 is 1.00 bits per heavy atom. The molecule has 0 aliphatic rings. The molecule has 30 heavy (non-hydrogen) atoms. The molecule has 0 heterocycles. The lowest BCUT2D eigenvalue weighted by molar-refractivity contribution is -0.134. The van der Waals surface area contributed by atoms with Gasteiger partial charge in [-0.2, -0.15) is 5.26 Å². The van der Waals surface area contributed by atoms with Gasteiger partial charge in [0, 0.05) is 32.1 Å². The Morgan fingerprint density at radius 2 is 1.63 bits per heavy atom. The first-order valence-corrected chi connectivity index (χ1v) is 9.81. The molecule has 0 aliphatic carbocycles. The number of nitriles is 1. The molecule has 0 saturated heterocycles. The highest BCUT2D eigenvalue weighted by Gasteiger charge is 2.19. The SMILES string of the molecule is CN(CC(=O)Nc1ccccc1Cl)C(=O)CCC(=O)N(CCC#N)c1ccccc1. The minimum atomic E-state index is -0.384. The van der Waals surface area contributed by atoms with Crippen LogP contribution in [-0.2, 0) is 14.4 Å². The van der Waals surface area contributed by atoms with Gasteiger partial charge in [0.25, 0.3) is 0 Å². The van der Waals surface area contributed by atoms with Crippen LogP contribution in [0.2, 0.25) is 5.02 Å². The lowest BCUT2D eigenvalue weighted by atomic mass is 10.2. The maximum Gasteiger partial charge on any atom is 0.244 e. The van der Waals surface area contributed by atoms with Gasteiger partial charge < -0.3 is 15.1 Å². The molecule has 0 radical (unpaired) electrons. The third-order valence-electron chi connectivity index (χ3n) is 4.32. The predicted octanol–water partition coefficient (Wildman–Crippen LogP) is 3.46. The highest BCUT2D eigenvalue weighted by molar-refractivity contribution is 6.33. The van der Waals surface area contributed by atoms with E-state index in [1.54, 1.807) is 48.5 Å². The molecule has 0 atom stereocenters. The first-order valence-electron chi connectivity index (χ1n) is 9.43. The summed E-state index contributed by atoms with van der Waals surface area (Å²) in [7, 11) is 1.50. The van der Waals surface area contributed by atoms with E-state index in [9.17, 15) is 14.4 Å². The summed E-state index contributed by atoms with van der Waals surface area (Å²) in [6, 6.07) is 17.8. The Balaban J connectivity index is 1.88. The Kier molecular flexibility index (Phi) is 8.85. The van der Waals surface area contributed by atoms with Crippen molar-refractivity contribution in [2.45, 2.75) is 19.3 Å². The van der Waals surface area contributed by atoms with Gasteiger partial charge in [0.15, 0.2) is 0 Å². The lowest BCUT2D eigenvalue weighted by Gasteiger charge is -2.22. The van der Waals surface area contributed by atoms with Crippen LogP contribution in [0.25, 0.3) is 0 Å². The summed E-state index contributed by atoms with van der Waals surface area (Å²) in [5.74, 6) is -0.963. The molecule has 2 aromatic rings. The number of rotatable bonds is 9. The zero-order valence-corrected chi connectivity index (χ0v) is 17.4. The predicted molar refractivity (Wildman–Crippen MR) is 116 cm³/mol.